The van der Waals surface area contributed by atoms with E-state index in [-0.39, 0.29) is 12.6 Å². The van der Waals surface area contributed by atoms with Gasteiger partial charge in [-0.05, 0) is 56.7 Å². The highest BCUT2D eigenvalue weighted by atomic mass is 16.5. The summed E-state index contributed by atoms with van der Waals surface area (Å²) >= 11 is 0. The van der Waals surface area contributed by atoms with Crippen molar-refractivity contribution < 1.29 is 19.1 Å². The first-order valence-corrected chi connectivity index (χ1v) is 12.1. The molecule has 1 N–H and O–H groups in total. The molecule has 3 aromatic rings. The lowest BCUT2D eigenvalue weighted by Gasteiger charge is -2.32. The molecule has 1 fully saturated rings. The highest BCUT2D eigenvalue weighted by Crippen LogP contribution is 2.29. The van der Waals surface area contributed by atoms with E-state index in [1.165, 1.54) is 5.56 Å². The standard InChI is InChI=1S/C28H34N2O4/c1-20-11-13-24(14-12-20)28-29-26(21(2)34-28)19-33-25-10-6-9-23(15-25)17-30(18-27(31)32)16-22-7-4-3-5-8-22/h3-5,7-8,11-14,23,25H,6,9-10,15-19H2,1-2H3,(H,31,32). The Morgan fingerprint density at radius 3 is 2.62 bits per heavy atom. The van der Waals surface area contributed by atoms with Crippen molar-refractivity contribution in [2.24, 2.45) is 5.92 Å². The van der Waals surface area contributed by atoms with E-state index in [9.17, 15) is 9.90 Å². The largest absolute Gasteiger partial charge is 0.480 e. The number of oxazole rings is 1. The maximum Gasteiger partial charge on any atom is 0.317 e. The summed E-state index contributed by atoms with van der Waals surface area (Å²) in [6.07, 6.45) is 4.31. The topological polar surface area (TPSA) is 75.8 Å². The Kier molecular flexibility index (Phi) is 8.14. The summed E-state index contributed by atoms with van der Waals surface area (Å²) in [6, 6.07) is 18.2. The molecular weight excluding hydrogens is 428 g/mol. The van der Waals surface area contributed by atoms with E-state index < -0.39 is 5.97 Å². The lowest BCUT2D eigenvalue weighted by Crippen LogP contribution is -2.36. The van der Waals surface area contributed by atoms with Gasteiger partial charge in [-0.15, -0.1) is 0 Å². The summed E-state index contributed by atoms with van der Waals surface area (Å²) in [4.78, 5) is 18.2. The summed E-state index contributed by atoms with van der Waals surface area (Å²) in [5.41, 5.74) is 4.15. The zero-order chi connectivity index (χ0) is 23.9. The van der Waals surface area contributed by atoms with Crippen molar-refractivity contribution in [1.82, 2.24) is 9.88 Å². The summed E-state index contributed by atoms with van der Waals surface area (Å²) in [6.45, 7) is 5.89. The van der Waals surface area contributed by atoms with Gasteiger partial charge >= 0.3 is 5.97 Å². The van der Waals surface area contributed by atoms with E-state index in [1.807, 2.05) is 54.3 Å². The van der Waals surface area contributed by atoms with Gasteiger partial charge in [-0.25, -0.2) is 4.98 Å². The second-order valence-electron chi connectivity index (χ2n) is 9.40. The number of aromatic nitrogens is 1. The molecule has 34 heavy (non-hydrogen) atoms. The maximum atomic E-state index is 11.4. The molecule has 0 spiro atoms. The van der Waals surface area contributed by atoms with E-state index in [0.717, 1.165) is 54.8 Å². The van der Waals surface area contributed by atoms with Crippen molar-refractivity contribution in [3.8, 4) is 11.5 Å². The smallest absolute Gasteiger partial charge is 0.317 e. The molecule has 0 aliphatic heterocycles. The average molecular weight is 463 g/mol. The van der Waals surface area contributed by atoms with E-state index in [2.05, 4.69) is 24.0 Å². The number of rotatable bonds is 10. The Labute approximate surface area is 201 Å². The van der Waals surface area contributed by atoms with Crippen LogP contribution in [0.25, 0.3) is 11.5 Å². The predicted molar refractivity (Wildman–Crippen MR) is 131 cm³/mol. The number of aryl methyl sites for hydroxylation is 2. The van der Waals surface area contributed by atoms with Crippen LogP contribution in [-0.2, 0) is 22.7 Å². The number of hydrogen-bond acceptors (Lipinski definition) is 5. The minimum Gasteiger partial charge on any atom is -0.480 e. The number of hydrogen-bond donors (Lipinski definition) is 1. The van der Waals surface area contributed by atoms with Gasteiger partial charge in [-0.1, -0.05) is 54.4 Å². The van der Waals surface area contributed by atoms with E-state index in [4.69, 9.17) is 9.15 Å². The highest BCUT2D eigenvalue weighted by molar-refractivity contribution is 5.69. The lowest BCUT2D eigenvalue weighted by atomic mass is 9.86. The van der Waals surface area contributed by atoms with Crippen molar-refractivity contribution >= 4 is 5.97 Å². The SMILES string of the molecule is Cc1ccc(-c2nc(COC3CCCC(CN(CC(=O)O)Cc4ccccc4)C3)c(C)o2)cc1. The average Bonchev–Trinajstić information content (AvgIpc) is 3.19. The third kappa shape index (κ3) is 6.78. The van der Waals surface area contributed by atoms with Crippen LogP contribution >= 0.6 is 0 Å². The van der Waals surface area contributed by atoms with Gasteiger partial charge in [0.1, 0.15) is 11.5 Å². The molecule has 0 amide bonds. The van der Waals surface area contributed by atoms with Crippen LogP contribution in [0.3, 0.4) is 0 Å². The van der Waals surface area contributed by atoms with Gasteiger partial charge < -0.3 is 14.3 Å². The van der Waals surface area contributed by atoms with Crippen LogP contribution < -0.4 is 0 Å². The number of aliphatic carboxylic acids is 1. The maximum absolute atomic E-state index is 11.4. The molecule has 1 aliphatic carbocycles. The van der Waals surface area contributed by atoms with Crippen LogP contribution in [0.2, 0.25) is 0 Å². The molecular formula is C28H34N2O4. The number of nitrogens with zero attached hydrogens (tertiary/aromatic N) is 2. The van der Waals surface area contributed by atoms with Crippen LogP contribution in [0.5, 0.6) is 0 Å². The van der Waals surface area contributed by atoms with E-state index >= 15 is 0 Å². The Hall–Kier alpha value is -2.96. The Morgan fingerprint density at radius 1 is 1.12 bits per heavy atom. The minimum absolute atomic E-state index is 0.0524. The molecule has 4 rings (SSSR count). The normalized spacial score (nSPS) is 18.3. The zero-order valence-electron chi connectivity index (χ0n) is 20.1. The fourth-order valence-corrected chi connectivity index (χ4v) is 4.72. The Balaban J connectivity index is 1.32. The Bertz CT molecular complexity index is 1060. The van der Waals surface area contributed by atoms with Gasteiger partial charge in [0.05, 0.1) is 19.3 Å². The summed E-state index contributed by atoms with van der Waals surface area (Å²) in [7, 11) is 0. The molecule has 0 saturated heterocycles. The molecule has 6 heteroatoms. The monoisotopic (exact) mass is 462 g/mol. The molecule has 2 atom stereocenters. The van der Waals surface area contributed by atoms with Gasteiger partial charge in [0.2, 0.25) is 5.89 Å². The van der Waals surface area contributed by atoms with Crippen molar-refractivity contribution in [3.05, 3.63) is 77.2 Å². The molecule has 0 bridgehead atoms. The molecule has 1 heterocycles. The van der Waals surface area contributed by atoms with Crippen molar-refractivity contribution in [3.63, 3.8) is 0 Å². The van der Waals surface area contributed by atoms with Gasteiger partial charge in [0.25, 0.3) is 0 Å². The molecule has 1 aliphatic rings. The first-order chi connectivity index (χ1) is 16.5. The van der Waals surface area contributed by atoms with Gasteiger partial charge in [0, 0.05) is 18.7 Å². The summed E-state index contributed by atoms with van der Waals surface area (Å²) in [5.74, 6) is 1.05. The predicted octanol–water partition coefficient (Wildman–Crippen LogP) is 5.62. The van der Waals surface area contributed by atoms with Crippen molar-refractivity contribution in [2.45, 2.75) is 58.8 Å². The Morgan fingerprint density at radius 2 is 1.88 bits per heavy atom. The fraction of sp³-hybridized carbons (Fsp3) is 0.429. The van der Waals surface area contributed by atoms with E-state index in [0.29, 0.717) is 25.0 Å². The molecule has 180 valence electrons. The molecule has 0 radical (unpaired) electrons. The number of carbonyl (C=O) groups is 1. The van der Waals surface area contributed by atoms with Crippen molar-refractivity contribution in [1.29, 1.82) is 0 Å². The van der Waals surface area contributed by atoms with Crippen LogP contribution in [0.4, 0.5) is 0 Å². The van der Waals surface area contributed by atoms with Crippen LogP contribution in [0.15, 0.2) is 59.0 Å². The lowest BCUT2D eigenvalue weighted by molar-refractivity contribution is -0.138. The van der Waals surface area contributed by atoms with Crippen LogP contribution in [0, 0.1) is 19.8 Å². The number of ether oxygens (including phenoxy) is 1. The van der Waals surface area contributed by atoms with E-state index in [1.54, 1.807) is 0 Å². The second kappa shape index (κ2) is 11.4. The number of benzene rings is 2. The zero-order valence-corrected chi connectivity index (χ0v) is 20.1. The van der Waals surface area contributed by atoms with Gasteiger partial charge in [-0.2, -0.15) is 0 Å². The molecule has 2 aromatic carbocycles. The third-order valence-electron chi connectivity index (χ3n) is 6.51. The molecule has 6 nitrogen and oxygen atoms in total. The third-order valence-corrected chi connectivity index (χ3v) is 6.51. The summed E-state index contributed by atoms with van der Waals surface area (Å²) in [5, 5.41) is 9.40. The number of carboxylic acids is 1. The fourth-order valence-electron chi connectivity index (χ4n) is 4.72. The van der Waals surface area contributed by atoms with Crippen LogP contribution in [0.1, 0.15) is 48.3 Å². The second-order valence-corrected chi connectivity index (χ2v) is 9.40. The molecule has 2 unspecified atom stereocenters. The summed E-state index contributed by atoms with van der Waals surface area (Å²) < 4.78 is 12.2. The van der Waals surface area contributed by atoms with Gasteiger partial charge in [0.15, 0.2) is 0 Å². The van der Waals surface area contributed by atoms with Gasteiger partial charge in [-0.3, -0.25) is 9.69 Å². The first kappa shape index (κ1) is 24.2. The quantitative estimate of drug-likeness (QED) is 0.421. The van der Waals surface area contributed by atoms with Crippen molar-refractivity contribution in [2.75, 3.05) is 13.1 Å². The first-order valence-electron chi connectivity index (χ1n) is 12.1. The molecule has 1 saturated carbocycles. The van der Waals surface area contributed by atoms with Crippen LogP contribution in [-0.4, -0.2) is 40.2 Å². The molecule has 1 aromatic heterocycles. The number of carboxylic acid groups (broad SMARTS) is 1. The highest BCUT2D eigenvalue weighted by Gasteiger charge is 2.26. The minimum atomic E-state index is -0.787.